The number of carbonyl (C=O) groups is 1. The molecule has 0 saturated carbocycles. The molecule has 2 N–H and O–H groups in total. The molecule has 1 aliphatic rings. The molecule has 1 aromatic carbocycles. The van der Waals surface area contributed by atoms with E-state index in [-0.39, 0.29) is 6.04 Å². The van der Waals surface area contributed by atoms with Gasteiger partial charge < -0.3 is 24.6 Å². The van der Waals surface area contributed by atoms with Crippen LogP contribution in [0.25, 0.3) is 0 Å². The van der Waals surface area contributed by atoms with Gasteiger partial charge in [0.05, 0.1) is 21.3 Å². The van der Waals surface area contributed by atoms with Gasteiger partial charge in [0.2, 0.25) is 0 Å². The van der Waals surface area contributed by atoms with Crippen LogP contribution in [0.1, 0.15) is 18.5 Å². The second kappa shape index (κ2) is 7.52. The number of nitrogens with one attached hydrogen (secondary N) is 1. The Kier molecular flexibility index (Phi) is 5.68. The molecule has 128 valence electrons. The van der Waals surface area contributed by atoms with Crippen LogP contribution in [0.3, 0.4) is 0 Å². The summed E-state index contributed by atoms with van der Waals surface area (Å²) in [6.45, 7) is 4.16. The molecule has 2 atom stereocenters. The standard InChI is InChI=1S/C16H24N2O5/c1-10-9-17-5-6-18(10)15(16(19)20)11-7-13(22-3)14(23-4)8-12(11)21-2/h7-8,10,15,17H,5-6,9H2,1-4H3,(H,19,20). The molecule has 0 aromatic heterocycles. The molecule has 0 radical (unpaired) electrons. The SMILES string of the molecule is COc1cc(OC)c(C(C(=O)O)N2CCNCC2C)cc1OC. The third-order valence-corrected chi connectivity index (χ3v) is 4.15. The Morgan fingerprint density at radius 2 is 1.83 bits per heavy atom. The number of hydrogen-bond acceptors (Lipinski definition) is 6. The largest absolute Gasteiger partial charge is 0.496 e. The van der Waals surface area contributed by atoms with Crippen molar-refractivity contribution < 1.29 is 24.1 Å². The molecular formula is C16H24N2O5. The predicted molar refractivity (Wildman–Crippen MR) is 85.5 cm³/mol. The molecule has 1 saturated heterocycles. The molecule has 2 unspecified atom stereocenters. The molecule has 0 aliphatic carbocycles. The van der Waals surface area contributed by atoms with E-state index in [1.54, 1.807) is 12.1 Å². The van der Waals surface area contributed by atoms with Gasteiger partial charge in [0.15, 0.2) is 11.5 Å². The number of piperazine rings is 1. The fraction of sp³-hybridized carbons (Fsp3) is 0.562. The van der Waals surface area contributed by atoms with Crippen molar-refractivity contribution >= 4 is 5.97 Å². The molecule has 7 nitrogen and oxygen atoms in total. The van der Waals surface area contributed by atoms with Crippen molar-refractivity contribution in [3.8, 4) is 17.2 Å². The summed E-state index contributed by atoms with van der Waals surface area (Å²) in [6, 6.07) is 2.65. The molecule has 1 fully saturated rings. The lowest BCUT2D eigenvalue weighted by Crippen LogP contribution is -2.52. The fourth-order valence-corrected chi connectivity index (χ4v) is 2.96. The van der Waals surface area contributed by atoms with E-state index in [0.29, 0.717) is 29.4 Å². The van der Waals surface area contributed by atoms with Gasteiger partial charge in [-0.25, -0.2) is 0 Å². The number of carboxylic acid groups (broad SMARTS) is 1. The Hall–Kier alpha value is -1.99. The van der Waals surface area contributed by atoms with E-state index in [2.05, 4.69) is 5.32 Å². The number of carboxylic acids is 1. The quantitative estimate of drug-likeness (QED) is 0.812. The van der Waals surface area contributed by atoms with Crippen LogP contribution in [0.5, 0.6) is 17.2 Å². The van der Waals surface area contributed by atoms with E-state index < -0.39 is 12.0 Å². The molecule has 23 heavy (non-hydrogen) atoms. The molecule has 1 aliphatic heterocycles. The normalized spacial score (nSPS) is 19.9. The lowest BCUT2D eigenvalue weighted by Gasteiger charge is -2.38. The Labute approximate surface area is 136 Å². The smallest absolute Gasteiger partial charge is 0.325 e. The minimum absolute atomic E-state index is 0.0997. The summed E-state index contributed by atoms with van der Waals surface area (Å²) in [7, 11) is 4.58. The van der Waals surface area contributed by atoms with Crippen molar-refractivity contribution in [1.82, 2.24) is 10.2 Å². The molecule has 1 heterocycles. The van der Waals surface area contributed by atoms with Gasteiger partial charge in [0.1, 0.15) is 11.8 Å². The first-order valence-electron chi connectivity index (χ1n) is 7.52. The lowest BCUT2D eigenvalue weighted by atomic mass is 10.0. The van der Waals surface area contributed by atoms with Crippen molar-refractivity contribution in [3.05, 3.63) is 17.7 Å². The summed E-state index contributed by atoms with van der Waals surface area (Å²) in [5.74, 6) is 0.549. The number of methoxy groups -OCH3 is 3. The van der Waals surface area contributed by atoms with E-state index in [1.165, 1.54) is 21.3 Å². The highest BCUT2D eigenvalue weighted by molar-refractivity contribution is 5.77. The third kappa shape index (κ3) is 3.51. The van der Waals surface area contributed by atoms with Crippen LogP contribution >= 0.6 is 0 Å². The molecule has 0 bridgehead atoms. The van der Waals surface area contributed by atoms with Crippen LogP contribution in [0, 0.1) is 0 Å². The summed E-state index contributed by atoms with van der Waals surface area (Å²) >= 11 is 0. The van der Waals surface area contributed by atoms with E-state index in [9.17, 15) is 9.90 Å². The van der Waals surface area contributed by atoms with Gasteiger partial charge in [0, 0.05) is 37.3 Å². The number of benzene rings is 1. The maximum atomic E-state index is 12.0. The van der Waals surface area contributed by atoms with E-state index in [4.69, 9.17) is 14.2 Å². The molecule has 1 aromatic rings. The fourth-order valence-electron chi connectivity index (χ4n) is 2.96. The van der Waals surface area contributed by atoms with Crippen LogP contribution in [-0.2, 0) is 4.79 Å². The zero-order valence-electron chi connectivity index (χ0n) is 14.0. The van der Waals surface area contributed by atoms with Gasteiger partial charge in [-0.2, -0.15) is 0 Å². The summed E-state index contributed by atoms with van der Waals surface area (Å²) in [4.78, 5) is 13.9. The zero-order chi connectivity index (χ0) is 17.0. The molecule has 2 rings (SSSR count). The van der Waals surface area contributed by atoms with Crippen LogP contribution in [-0.4, -0.2) is 63.0 Å². The van der Waals surface area contributed by atoms with Crippen molar-refractivity contribution in [3.63, 3.8) is 0 Å². The van der Waals surface area contributed by atoms with E-state index in [1.807, 2.05) is 11.8 Å². The first-order chi connectivity index (χ1) is 11.0. The van der Waals surface area contributed by atoms with Crippen LogP contribution in [0.15, 0.2) is 12.1 Å². The molecule has 0 amide bonds. The highest BCUT2D eigenvalue weighted by Crippen LogP contribution is 2.40. The van der Waals surface area contributed by atoms with Gasteiger partial charge >= 0.3 is 5.97 Å². The number of aliphatic carboxylic acids is 1. The molecule has 7 heteroatoms. The molecular weight excluding hydrogens is 300 g/mol. The van der Waals surface area contributed by atoms with Crippen LogP contribution < -0.4 is 19.5 Å². The summed E-state index contributed by atoms with van der Waals surface area (Å²) in [6.07, 6.45) is 0. The van der Waals surface area contributed by atoms with Crippen LogP contribution in [0.4, 0.5) is 0 Å². The first kappa shape index (κ1) is 17.4. The van der Waals surface area contributed by atoms with Crippen molar-refractivity contribution in [2.75, 3.05) is 41.0 Å². The Balaban J connectivity index is 2.51. The first-order valence-corrected chi connectivity index (χ1v) is 7.52. The van der Waals surface area contributed by atoms with Crippen molar-refractivity contribution in [2.45, 2.75) is 19.0 Å². The second-order valence-electron chi connectivity index (χ2n) is 5.48. The van der Waals surface area contributed by atoms with Gasteiger partial charge in [-0.1, -0.05) is 0 Å². The third-order valence-electron chi connectivity index (χ3n) is 4.15. The summed E-state index contributed by atoms with van der Waals surface area (Å²) < 4.78 is 16.0. The highest BCUT2D eigenvalue weighted by Gasteiger charge is 2.35. The van der Waals surface area contributed by atoms with Crippen LogP contribution in [0.2, 0.25) is 0 Å². The van der Waals surface area contributed by atoms with E-state index in [0.717, 1.165) is 13.1 Å². The average molecular weight is 324 g/mol. The zero-order valence-corrected chi connectivity index (χ0v) is 14.0. The van der Waals surface area contributed by atoms with Gasteiger partial charge in [-0.05, 0) is 13.0 Å². The maximum absolute atomic E-state index is 12.0. The monoisotopic (exact) mass is 324 g/mol. The Morgan fingerprint density at radius 1 is 1.22 bits per heavy atom. The molecule has 0 spiro atoms. The number of rotatable bonds is 6. The minimum atomic E-state index is -0.913. The highest BCUT2D eigenvalue weighted by atomic mass is 16.5. The van der Waals surface area contributed by atoms with Gasteiger partial charge in [-0.15, -0.1) is 0 Å². The van der Waals surface area contributed by atoms with Crippen molar-refractivity contribution in [1.29, 1.82) is 0 Å². The average Bonchev–Trinajstić information content (AvgIpc) is 2.55. The maximum Gasteiger partial charge on any atom is 0.325 e. The Bertz CT molecular complexity index is 564. The number of ether oxygens (including phenoxy) is 3. The summed E-state index contributed by atoms with van der Waals surface area (Å²) in [5.41, 5.74) is 0.561. The lowest BCUT2D eigenvalue weighted by molar-refractivity contribution is -0.145. The van der Waals surface area contributed by atoms with Gasteiger partial charge in [-0.3, -0.25) is 9.69 Å². The number of nitrogens with zero attached hydrogens (tertiary/aromatic N) is 1. The Morgan fingerprint density at radius 3 is 2.35 bits per heavy atom. The van der Waals surface area contributed by atoms with Crippen molar-refractivity contribution in [2.24, 2.45) is 0 Å². The topological polar surface area (TPSA) is 80.3 Å². The van der Waals surface area contributed by atoms with E-state index >= 15 is 0 Å². The predicted octanol–water partition coefficient (Wildman–Crippen LogP) is 1.13. The summed E-state index contributed by atoms with van der Waals surface area (Å²) in [5, 5.41) is 13.1. The second-order valence-corrected chi connectivity index (χ2v) is 5.48. The number of hydrogen-bond donors (Lipinski definition) is 2. The van der Waals surface area contributed by atoms with Gasteiger partial charge in [0.25, 0.3) is 0 Å². The minimum Gasteiger partial charge on any atom is -0.496 e.